The summed E-state index contributed by atoms with van der Waals surface area (Å²) in [5, 5.41) is 0. The smallest absolute Gasteiger partial charge is 0.254 e. The van der Waals surface area contributed by atoms with Crippen LogP contribution in [0.2, 0.25) is 0 Å². The first-order chi connectivity index (χ1) is 11.2. The lowest BCUT2D eigenvalue weighted by Crippen LogP contribution is -2.48. The van der Waals surface area contributed by atoms with Crippen LogP contribution in [0.3, 0.4) is 0 Å². The molecular weight excluding hydrogens is 328 g/mol. The second-order valence-corrected chi connectivity index (χ2v) is 8.14. The summed E-state index contributed by atoms with van der Waals surface area (Å²) in [5.74, 6) is -0.101. The zero-order valence-corrected chi connectivity index (χ0v) is 15.5. The average molecular weight is 354 g/mol. The molecule has 1 saturated heterocycles. The van der Waals surface area contributed by atoms with E-state index < -0.39 is 10.0 Å². The molecule has 1 amide bonds. The highest BCUT2D eigenvalue weighted by atomic mass is 32.2. The molecule has 1 N–H and O–H groups in total. The van der Waals surface area contributed by atoms with Gasteiger partial charge < -0.3 is 9.64 Å². The summed E-state index contributed by atoms with van der Waals surface area (Å²) in [5.41, 5.74) is 0.485. The first-order valence-corrected chi connectivity index (χ1v) is 9.78. The summed E-state index contributed by atoms with van der Waals surface area (Å²) in [6.45, 7) is 8.69. The fraction of sp³-hybridized carbons (Fsp3) is 0.588. The lowest BCUT2D eigenvalue weighted by molar-refractivity contribution is -0.0586. The zero-order valence-electron chi connectivity index (χ0n) is 14.7. The van der Waals surface area contributed by atoms with Crippen molar-refractivity contribution in [3.05, 3.63) is 29.8 Å². The van der Waals surface area contributed by atoms with E-state index in [1.54, 1.807) is 17.0 Å². The van der Waals surface area contributed by atoms with Gasteiger partial charge >= 0.3 is 0 Å². The van der Waals surface area contributed by atoms with Crippen LogP contribution in [-0.4, -0.2) is 50.6 Å². The van der Waals surface area contributed by atoms with Crippen molar-refractivity contribution in [3.63, 3.8) is 0 Å². The van der Waals surface area contributed by atoms with Crippen molar-refractivity contribution in [2.45, 2.75) is 57.3 Å². The molecule has 1 fully saturated rings. The zero-order chi connectivity index (χ0) is 17.9. The molecule has 0 aromatic heterocycles. The number of sulfonamides is 1. The Labute approximate surface area is 144 Å². The van der Waals surface area contributed by atoms with Gasteiger partial charge in [-0.1, -0.05) is 6.92 Å². The molecule has 1 aromatic rings. The van der Waals surface area contributed by atoms with E-state index in [1.165, 1.54) is 12.1 Å². The van der Waals surface area contributed by atoms with Crippen LogP contribution in [0.5, 0.6) is 0 Å². The van der Waals surface area contributed by atoms with E-state index in [0.29, 0.717) is 25.1 Å². The number of carbonyl (C=O) groups is 1. The van der Waals surface area contributed by atoms with Crippen LogP contribution in [0, 0.1) is 0 Å². The Bertz CT molecular complexity index is 662. The number of nitrogens with one attached hydrogen (secondary N) is 1. The number of nitrogens with zero attached hydrogens (tertiary/aromatic N) is 1. The molecule has 1 aliphatic heterocycles. The molecule has 3 atom stereocenters. The highest BCUT2D eigenvalue weighted by molar-refractivity contribution is 7.89. The second kappa shape index (κ2) is 7.63. The highest BCUT2D eigenvalue weighted by Crippen LogP contribution is 2.17. The third-order valence-electron chi connectivity index (χ3n) is 4.09. The van der Waals surface area contributed by atoms with Crippen molar-refractivity contribution in [3.8, 4) is 0 Å². The number of morpholine rings is 1. The predicted molar refractivity (Wildman–Crippen MR) is 92.4 cm³/mol. The van der Waals surface area contributed by atoms with Gasteiger partial charge in [0.05, 0.1) is 17.1 Å². The molecule has 2 rings (SSSR count). The molecule has 0 radical (unpaired) electrons. The summed E-state index contributed by atoms with van der Waals surface area (Å²) >= 11 is 0. The van der Waals surface area contributed by atoms with E-state index in [2.05, 4.69) is 4.72 Å². The first kappa shape index (κ1) is 18.9. The van der Waals surface area contributed by atoms with Crippen LogP contribution in [-0.2, 0) is 14.8 Å². The van der Waals surface area contributed by atoms with Gasteiger partial charge in [0.15, 0.2) is 0 Å². The Kier molecular flexibility index (Phi) is 6.01. The van der Waals surface area contributed by atoms with Gasteiger partial charge in [0, 0.05) is 24.7 Å². The molecule has 24 heavy (non-hydrogen) atoms. The van der Waals surface area contributed by atoms with E-state index in [9.17, 15) is 13.2 Å². The molecule has 134 valence electrons. The largest absolute Gasteiger partial charge is 0.372 e. The highest BCUT2D eigenvalue weighted by Gasteiger charge is 2.27. The van der Waals surface area contributed by atoms with Crippen LogP contribution >= 0.6 is 0 Å². The van der Waals surface area contributed by atoms with Crippen molar-refractivity contribution < 1.29 is 17.9 Å². The van der Waals surface area contributed by atoms with Crippen LogP contribution in [0.1, 0.15) is 44.5 Å². The number of hydrogen-bond donors (Lipinski definition) is 1. The molecule has 1 aliphatic rings. The fourth-order valence-electron chi connectivity index (χ4n) is 2.72. The van der Waals surface area contributed by atoms with E-state index in [0.717, 1.165) is 0 Å². The van der Waals surface area contributed by atoms with Crippen LogP contribution in [0.15, 0.2) is 29.2 Å². The van der Waals surface area contributed by atoms with Gasteiger partial charge in [0.2, 0.25) is 10.0 Å². The Morgan fingerprint density at radius 3 is 2.29 bits per heavy atom. The average Bonchev–Trinajstić information content (AvgIpc) is 2.53. The van der Waals surface area contributed by atoms with Crippen molar-refractivity contribution in [2.24, 2.45) is 0 Å². The van der Waals surface area contributed by atoms with Gasteiger partial charge in [0.1, 0.15) is 0 Å². The minimum absolute atomic E-state index is 0.00270. The minimum Gasteiger partial charge on any atom is -0.372 e. The van der Waals surface area contributed by atoms with Crippen molar-refractivity contribution in [1.29, 1.82) is 0 Å². The maximum absolute atomic E-state index is 12.6. The van der Waals surface area contributed by atoms with Crippen molar-refractivity contribution in [1.82, 2.24) is 9.62 Å². The summed E-state index contributed by atoms with van der Waals surface area (Å²) in [6, 6.07) is 5.96. The predicted octanol–water partition coefficient (Wildman–Crippen LogP) is 2.01. The van der Waals surface area contributed by atoms with Gasteiger partial charge in [0.25, 0.3) is 5.91 Å². The van der Waals surface area contributed by atoms with Crippen LogP contribution < -0.4 is 4.72 Å². The molecule has 1 heterocycles. The molecule has 0 bridgehead atoms. The number of benzene rings is 1. The van der Waals surface area contributed by atoms with Crippen LogP contribution in [0.4, 0.5) is 0 Å². The monoisotopic (exact) mass is 354 g/mol. The Morgan fingerprint density at radius 1 is 1.25 bits per heavy atom. The topological polar surface area (TPSA) is 75.7 Å². The van der Waals surface area contributed by atoms with E-state index in [1.807, 2.05) is 27.7 Å². The lowest BCUT2D eigenvalue weighted by atomic mass is 10.1. The SMILES string of the molecule is CC[C@H](C)NS(=O)(=O)c1ccc(C(=O)N2C[C@H](C)O[C@@H](C)C2)cc1. The van der Waals surface area contributed by atoms with E-state index in [-0.39, 0.29) is 29.1 Å². The van der Waals surface area contributed by atoms with Gasteiger partial charge in [-0.2, -0.15) is 0 Å². The van der Waals surface area contributed by atoms with Gasteiger partial charge in [-0.15, -0.1) is 0 Å². The number of hydrogen-bond acceptors (Lipinski definition) is 4. The van der Waals surface area contributed by atoms with Gasteiger partial charge in [-0.3, -0.25) is 4.79 Å². The summed E-state index contributed by atoms with van der Waals surface area (Å²) in [6.07, 6.45) is 0.706. The van der Waals surface area contributed by atoms with E-state index in [4.69, 9.17) is 4.74 Å². The molecule has 0 aliphatic carbocycles. The minimum atomic E-state index is -3.55. The Balaban J connectivity index is 2.13. The maximum Gasteiger partial charge on any atom is 0.254 e. The molecule has 6 nitrogen and oxygen atoms in total. The standard InChI is InChI=1S/C17H26N2O4S/c1-5-12(2)18-24(21,22)16-8-6-15(7-9-16)17(20)19-10-13(3)23-14(4)11-19/h6-9,12-14,18H,5,10-11H2,1-4H3/t12-,13-,14-/m0/s1. The third kappa shape index (κ3) is 4.55. The maximum atomic E-state index is 12.6. The van der Waals surface area contributed by atoms with Gasteiger partial charge in [-0.05, 0) is 51.5 Å². The molecule has 1 aromatic carbocycles. The molecule has 0 spiro atoms. The normalized spacial score (nSPS) is 23.1. The van der Waals surface area contributed by atoms with Crippen LogP contribution in [0.25, 0.3) is 0 Å². The first-order valence-electron chi connectivity index (χ1n) is 8.30. The second-order valence-electron chi connectivity index (χ2n) is 6.42. The summed E-state index contributed by atoms with van der Waals surface area (Å²) < 4.78 is 32.7. The number of rotatable bonds is 5. The van der Waals surface area contributed by atoms with E-state index >= 15 is 0 Å². The lowest BCUT2D eigenvalue weighted by Gasteiger charge is -2.35. The molecular formula is C17H26N2O4S. The summed E-state index contributed by atoms with van der Waals surface area (Å²) in [7, 11) is -3.55. The number of carbonyl (C=O) groups excluding carboxylic acids is 1. The van der Waals surface area contributed by atoms with Gasteiger partial charge in [-0.25, -0.2) is 13.1 Å². The quantitative estimate of drug-likeness (QED) is 0.878. The Morgan fingerprint density at radius 2 is 1.79 bits per heavy atom. The number of amides is 1. The summed E-state index contributed by atoms with van der Waals surface area (Å²) in [4.78, 5) is 14.5. The Hall–Kier alpha value is -1.44. The third-order valence-corrected chi connectivity index (χ3v) is 5.69. The molecule has 0 unspecified atom stereocenters. The molecule has 0 saturated carbocycles. The molecule has 7 heteroatoms. The fourth-order valence-corrected chi connectivity index (χ4v) is 4.05. The van der Waals surface area contributed by atoms with Crippen molar-refractivity contribution >= 4 is 15.9 Å². The number of ether oxygens (including phenoxy) is 1. The van der Waals surface area contributed by atoms with Crippen molar-refractivity contribution in [2.75, 3.05) is 13.1 Å².